The number of hydrogen-bond donors (Lipinski definition) is 1. The van der Waals surface area contributed by atoms with Gasteiger partial charge in [0.05, 0.1) is 6.04 Å². The van der Waals surface area contributed by atoms with E-state index in [9.17, 15) is 4.79 Å². The predicted molar refractivity (Wildman–Crippen MR) is 128 cm³/mol. The first-order valence-electron chi connectivity index (χ1n) is 10.9. The number of amides is 1. The third-order valence-corrected chi connectivity index (χ3v) is 6.16. The van der Waals surface area contributed by atoms with Gasteiger partial charge in [0.1, 0.15) is 0 Å². The molecule has 0 unspecified atom stereocenters. The van der Waals surface area contributed by atoms with E-state index < -0.39 is 0 Å². The third-order valence-electron chi connectivity index (χ3n) is 6.16. The van der Waals surface area contributed by atoms with Crippen LogP contribution in [-0.4, -0.2) is 38.0 Å². The molecule has 1 aliphatic rings. The molecule has 1 aliphatic heterocycles. The number of anilines is 1. The van der Waals surface area contributed by atoms with Gasteiger partial charge in [0.15, 0.2) is 0 Å². The first-order chi connectivity index (χ1) is 15.0. The Bertz CT molecular complexity index is 1030. The Hall–Kier alpha value is -3.11. The Morgan fingerprint density at radius 1 is 0.968 bits per heavy atom. The molecular formula is C27H31N3O. The van der Waals surface area contributed by atoms with E-state index in [1.807, 2.05) is 31.2 Å². The molecule has 0 aromatic heterocycles. The highest BCUT2D eigenvalue weighted by molar-refractivity contribution is 5.94. The minimum atomic E-state index is -0.0210. The third kappa shape index (κ3) is 4.97. The molecule has 0 saturated carbocycles. The van der Waals surface area contributed by atoms with Gasteiger partial charge in [-0.3, -0.25) is 9.69 Å². The molecular weight excluding hydrogens is 382 g/mol. The van der Waals surface area contributed by atoms with Gasteiger partial charge in [-0.1, -0.05) is 54.1 Å². The molecule has 160 valence electrons. The Morgan fingerprint density at radius 2 is 1.65 bits per heavy atom. The number of benzene rings is 3. The summed E-state index contributed by atoms with van der Waals surface area (Å²) in [7, 11) is 4.10. The van der Waals surface area contributed by atoms with Gasteiger partial charge in [0, 0.05) is 45.0 Å². The maximum absolute atomic E-state index is 12.8. The molecule has 4 rings (SSSR count). The monoisotopic (exact) mass is 413 g/mol. The molecule has 0 fully saturated rings. The molecule has 0 aliphatic carbocycles. The van der Waals surface area contributed by atoms with E-state index in [1.165, 1.54) is 22.4 Å². The van der Waals surface area contributed by atoms with Crippen LogP contribution in [0.1, 0.15) is 38.7 Å². The van der Waals surface area contributed by atoms with Crippen LogP contribution in [0.15, 0.2) is 72.8 Å². The van der Waals surface area contributed by atoms with Crippen LogP contribution in [-0.2, 0) is 13.0 Å². The zero-order chi connectivity index (χ0) is 21.8. The number of nitrogens with zero attached hydrogens (tertiary/aromatic N) is 2. The van der Waals surface area contributed by atoms with Crippen molar-refractivity contribution < 1.29 is 4.79 Å². The first kappa shape index (κ1) is 21.1. The minimum Gasteiger partial charge on any atom is -0.378 e. The SMILES string of the molecule is Cc1ccc(C(=O)NC[C@H](c2ccc(N(C)C)cc2)N2CCc3ccccc3C2)cc1. The summed E-state index contributed by atoms with van der Waals surface area (Å²) >= 11 is 0. The summed E-state index contributed by atoms with van der Waals surface area (Å²) in [6, 6.07) is 25.2. The summed E-state index contributed by atoms with van der Waals surface area (Å²) in [6.07, 6.45) is 1.04. The van der Waals surface area contributed by atoms with Gasteiger partial charge in [-0.15, -0.1) is 0 Å². The lowest BCUT2D eigenvalue weighted by Crippen LogP contribution is -2.40. The molecule has 1 N–H and O–H groups in total. The van der Waals surface area contributed by atoms with E-state index in [1.54, 1.807) is 0 Å². The second kappa shape index (κ2) is 9.36. The van der Waals surface area contributed by atoms with Crippen molar-refractivity contribution in [1.82, 2.24) is 10.2 Å². The van der Waals surface area contributed by atoms with E-state index in [0.29, 0.717) is 12.1 Å². The molecule has 0 radical (unpaired) electrons. The average Bonchev–Trinajstić information content (AvgIpc) is 2.79. The first-order valence-corrected chi connectivity index (χ1v) is 10.9. The van der Waals surface area contributed by atoms with E-state index in [4.69, 9.17) is 0 Å². The zero-order valence-electron chi connectivity index (χ0n) is 18.6. The zero-order valence-corrected chi connectivity index (χ0v) is 18.6. The van der Waals surface area contributed by atoms with E-state index >= 15 is 0 Å². The molecule has 1 atom stereocenters. The largest absolute Gasteiger partial charge is 0.378 e. The smallest absolute Gasteiger partial charge is 0.251 e. The van der Waals surface area contributed by atoms with Crippen LogP contribution in [0.3, 0.4) is 0 Å². The lowest BCUT2D eigenvalue weighted by molar-refractivity contribution is 0.0927. The van der Waals surface area contributed by atoms with E-state index in [2.05, 4.69) is 77.7 Å². The minimum absolute atomic E-state index is 0.0210. The van der Waals surface area contributed by atoms with Gasteiger partial charge >= 0.3 is 0 Å². The number of rotatable bonds is 6. The molecule has 0 bridgehead atoms. The topological polar surface area (TPSA) is 35.6 Å². The Labute approximate surface area is 185 Å². The van der Waals surface area contributed by atoms with Crippen LogP contribution in [0.2, 0.25) is 0 Å². The summed E-state index contributed by atoms with van der Waals surface area (Å²) in [5.41, 5.74) is 7.08. The highest BCUT2D eigenvalue weighted by Crippen LogP contribution is 2.28. The second-order valence-corrected chi connectivity index (χ2v) is 8.57. The standard InChI is InChI=1S/C27H31N3O/c1-20-8-10-23(11-9-20)27(31)28-18-26(22-12-14-25(15-13-22)29(2)3)30-17-16-21-6-4-5-7-24(21)19-30/h4-15,26H,16-19H2,1-3H3,(H,28,31)/t26-/m1/s1. The summed E-state index contributed by atoms with van der Waals surface area (Å²) in [6.45, 7) is 4.49. The van der Waals surface area contributed by atoms with E-state index in [-0.39, 0.29) is 11.9 Å². The van der Waals surface area contributed by atoms with Crippen molar-refractivity contribution in [1.29, 1.82) is 0 Å². The summed E-state index contributed by atoms with van der Waals surface area (Å²) in [5, 5.41) is 3.18. The van der Waals surface area contributed by atoms with Crippen LogP contribution in [0.5, 0.6) is 0 Å². The highest BCUT2D eigenvalue weighted by atomic mass is 16.1. The Morgan fingerprint density at radius 3 is 2.32 bits per heavy atom. The number of carbonyl (C=O) groups excluding carboxylic acids is 1. The number of carbonyl (C=O) groups is 1. The molecule has 3 aromatic rings. The Kier molecular flexibility index (Phi) is 6.38. The lowest BCUT2D eigenvalue weighted by Gasteiger charge is -2.36. The molecule has 31 heavy (non-hydrogen) atoms. The number of nitrogens with one attached hydrogen (secondary N) is 1. The van der Waals surface area contributed by atoms with Crippen molar-refractivity contribution in [3.05, 3.63) is 101 Å². The van der Waals surface area contributed by atoms with Crippen LogP contribution >= 0.6 is 0 Å². The summed E-state index contributed by atoms with van der Waals surface area (Å²) < 4.78 is 0. The fourth-order valence-corrected chi connectivity index (χ4v) is 4.23. The van der Waals surface area contributed by atoms with Crippen LogP contribution in [0.4, 0.5) is 5.69 Å². The molecule has 0 spiro atoms. The quantitative estimate of drug-likeness (QED) is 0.642. The van der Waals surface area contributed by atoms with Gasteiger partial charge in [-0.25, -0.2) is 0 Å². The Balaban J connectivity index is 1.55. The van der Waals surface area contributed by atoms with Gasteiger partial charge in [-0.05, 0) is 54.3 Å². The average molecular weight is 414 g/mol. The van der Waals surface area contributed by atoms with Crippen molar-refractivity contribution in [2.45, 2.75) is 25.9 Å². The second-order valence-electron chi connectivity index (χ2n) is 8.57. The number of fused-ring (bicyclic) bond motifs is 1. The molecule has 4 heteroatoms. The molecule has 1 heterocycles. The van der Waals surface area contributed by atoms with Crippen molar-refractivity contribution in [3.8, 4) is 0 Å². The molecule has 1 amide bonds. The fraction of sp³-hybridized carbons (Fsp3) is 0.296. The van der Waals surface area contributed by atoms with E-state index in [0.717, 1.165) is 25.1 Å². The van der Waals surface area contributed by atoms with Gasteiger partial charge in [0.25, 0.3) is 5.91 Å². The fourth-order valence-electron chi connectivity index (χ4n) is 4.23. The van der Waals surface area contributed by atoms with Crippen LogP contribution in [0.25, 0.3) is 0 Å². The van der Waals surface area contributed by atoms with Gasteiger partial charge in [0.2, 0.25) is 0 Å². The highest BCUT2D eigenvalue weighted by Gasteiger charge is 2.25. The predicted octanol–water partition coefficient (Wildman–Crippen LogP) is 4.59. The van der Waals surface area contributed by atoms with Crippen molar-refractivity contribution >= 4 is 11.6 Å². The maximum atomic E-state index is 12.8. The molecule has 0 saturated heterocycles. The number of aryl methyl sites for hydroxylation is 1. The molecule has 3 aromatic carbocycles. The van der Waals surface area contributed by atoms with Gasteiger partial charge < -0.3 is 10.2 Å². The summed E-state index contributed by atoms with van der Waals surface area (Å²) in [4.78, 5) is 17.4. The van der Waals surface area contributed by atoms with Crippen molar-refractivity contribution in [2.75, 3.05) is 32.1 Å². The lowest BCUT2D eigenvalue weighted by atomic mass is 9.96. The summed E-state index contributed by atoms with van der Waals surface area (Å²) in [5.74, 6) is -0.0210. The van der Waals surface area contributed by atoms with Gasteiger partial charge in [-0.2, -0.15) is 0 Å². The normalized spacial score (nSPS) is 14.5. The van der Waals surface area contributed by atoms with Crippen molar-refractivity contribution in [3.63, 3.8) is 0 Å². The van der Waals surface area contributed by atoms with Crippen LogP contribution < -0.4 is 10.2 Å². The maximum Gasteiger partial charge on any atom is 0.251 e. The number of hydrogen-bond acceptors (Lipinski definition) is 3. The van der Waals surface area contributed by atoms with Crippen molar-refractivity contribution in [2.24, 2.45) is 0 Å². The molecule has 4 nitrogen and oxygen atoms in total. The van der Waals surface area contributed by atoms with Crippen LogP contribution in [0, 0.1) is 6.92 Å².